The summed E-state index contributed by atoms with van der Waals surface area (Å²) in [7, 11) is -3.26. The molecule has 1 fully saturated rings. The van der Waals surface area contributed by atoms with Gasteiger partial charge in [-0.15, -0.1) is 0 Å². The molecule has 53 heavy (non-hydrogen) atoms. The zero-order valence-electron chi connectivity index (χ0n) is 33.7. The Morgan fingerprint density at radius 1 is 0.830 bits per heavy atom. The van der Waals surface area contributed by atoms with Gasteiger partial charge in [0.15, 0.2) is 8.32 Å². The van der Waals surface area contributed by atoms with Crippen LogP contribution >= 0.6 is 0 Å². The summed E-state index contributed by atoms with van der Waals surface area (Å²) < 4.78 is 32.8. The van der Waals surface area contributed by atoms with Gasteiger partial charge in [0.2, 0.25) is 0 Å². The minimum absolute atomic E-state index is 0.0335. The second-order valence-electron chi connectivity index (χ2n) is 17.2. The zero-order chi connectivity index (χ0) is 38.9. The molecule has 3 aromatic rings. The molecule has 1 aliphatic rings. The maximum Gasteiger partial charge on any atom is 0.305 e. The van der Waals surface area contributed by atoms with Gasteiger partial charge >= 0.3 is 5.97 Å². The van der Waals surface area contributed by atoms with Crippen LogP contribution in [0.3, 0.4) is 0 Å². The highest BCUT2D eigenvalue weighted by Crippen LogP contribution is 2.40. The molecule has 0 spiro atoms. The predicted molar refractivity (Wildman–Crippen MR) is 220 cm³/mol. The van der Waals surface area contributed by atoms with E-state index in [1.807, 2.05) is 24.3 Å². The van der Waals surface area contributed by atoms with E-state index in [0.29, 0.717) is 38.9 Å². The van der Waals surface area contributed by atoms with E-state index < -0.39 is 28.7 Å². The number of ether oxygens (including phenoxy) is 3. The summed E-state index contributed by atoms with van der Waals surface area (Å²) in [4.78, 5) is 11.9. The first-order valence-corrected chi connectivity index (χ1v) is 24.0. The van der Waals surface area contributed by atoms with Crippen LogP contribution in [-0.4, -0.2) is 65.8 Å². The average Bonchev–Trinajstić information content (AvgIpc) is 3.08. The van der Waals surface area contributed by atoms with Crippen molar-refractivity contribution in [2.45, 2.75) is 134 Å². The Morgan fingerprint density at radius 3 is 1.83 bits per heavy atom. The molecule has 4 rings (SSSR count). The molecule has 0 bridgehead atoms. The standard InChI is InChI=1S/C44H64O7Si2/c1-33-27-37(50-38(28-33)30-39(31-42(45)46)51-52(9,10)43(2,3)4)29-36(48-32-34-21-23-35(47-8)24-22-34)25-26-49-53(44(5,6)7,40-17-13-11-14-18-40)41-19-15-12-16-20-41/h11-24,36-39H,1,25-32H2,2-10H3,(H,45,46)/t36-,37?,38?,39?/m1/s1. The van der Waals surface area contributed by atoms with Crippen LogP contribution in [0.25, 0.3) is 0 Å². The van der Waals surface area contributed by atoms with E-state index in [1.165, 1.54) is 10.4 Å². The van der Waals surface area contributed by atoms with Gasteiger partial charge in [0.25, 0.3) is 8.32 Å². The van der Waals surface area contributed by atoms with Crippen molar-refractivity contribution in [3.63, 3.8) is 0 Å². The lowest BCUT2D eigenvalue weighted by Gasteiger charge is -2.43. The maximum atomic E-state index is 11.9. The Labute approximate surface area is 321 Å². The Kier molecular flexibility index (Phi) is 14.9. The van der Waals surface area contributed by atoms with Crippen molar-refractivity contribution in [1.29, 1.82) is 0 Å². The van der Waals surface area contributed by atoms with Crippen LogP contribution in [0.4, 0.5) is 0 Å². The Morgan fingerprint density at radius 2 is 1.36 bits per heavy atom. The molecule has 0 radical (unpaired) electrons. The van der Waals surface area contributed by atoms with Crippen molar-refractivity contribution in [1.82, 2.24) is 0 Å². The summed E-state index contributed by atoms with van der Waals surface area (Å²) in [5.41, 5.74) is 2.18. The summed E-state index contributed by atoms with van der Waals surface area (Å²) in [5, 5.41) is 12.1. The van der Waals surface area contributed by atoms with Crippen molar-refractivity contribution < 1.29 is 33.0 Å². The van der Waals surface area contributed by atoms with Gasteiger partial charge in [-0.05, 0) is 76.9 Å². The summed E-state index contributed by atoms with van der Waals surface area (Å²) in [6, 6.07) is 29.4. The first-order chi connectivity index (χ1) is 24.9. The second-order valence-corrected chi connectivity index (χ2v) is 26.3. The Bertz CT molecular complexity index is 1540. The first-order valence-electron chi connectivity index (χ1n) is 19.1. The van der Waals surface area contributed by atoms with Gasteiger partial charge in [-0.25, -0.2) is 0 Å². The number of hydrogen-bond acceptors (Lipinski definition) is 6. The van der Waals surface area contributed by atoms with Crippen molar-refractivity contribution in [2.24, 2.45) is 0 Å². The highest BCUT2D eigenvalue weighted by Gasteiger charge is 2.50. The molecule has 290 valence electrons. The number of hydrogen-bond donors (Lipinski definition) is 1. The molecule has 1 N–H and O–H groups in total. The average molecular weight is 761 g/mol. The minimum atomic E-state index is -2.73. The molecule has 0 amide bonds. The van der Waals surface area contributed by atoms with Crippen molar-refractivity contribution in [3.8, 4) is 5.75 Å². The minimum Gasteiger partial charge on any atom is -0.497 e. The quantitative estimate of drug-likeness (QED) is 0.102. The molecule has 4 atom stereocenters. The molecule has 0 saturated carbocycles. The molecular formula is C44H64O7Si2. The van der Waals surface area contributed by atoms with E-state index in [4.69, 9.17) is 23.1 Å². The largest absolute Gasteiger partial charge is 0.497 e. The molecule has 9 heteroatoms. The lowest BCUT2D eigenvalue weighted by atomic mass is 9.92. The van der Waals surface area contributed by atoms with Gasteiger partial charge in [-0.2, -0.15) is 0 Å². The molecule has 0 aromatic heterocycles. The number of rotatable bonds is 18. The summed E-state index contributed by atoms with van der Waals surface area (Å²) in [5.74, 6) is -0.0457. The van der Waals surface area contributed by atoms with Gasteiger partial charge in [-0.3, -0.25) is 4.79 Å². The number of benzene rings is 3. The van der Waals surface area contributed by atoms with E-state index in [9.17, 15) is 9.90 Å². The third kappa shape index (κ3) is 11.7. The van der Waals surface area contributed by atoms with Gasteiger partial charge in [-0.1, -0.05) is 126 Å². The normalized spacial score (nSPS) is 18.4. The second kappa shape index (κ2) is 18.5. The summed E-state index contributed by atoms with van der Waals surface area (Å²) in [6.45, 7) is 23.1. The molecule has 1 heterocycles. The third-order valence-electron chi connectivity index (χ3n) is 11.0. The van der Waals surface area contributed by atoms with Crippen LogP contribution in [0.1, 0.15) is 85.6 Å². The van der Waals surface area contributed by atoms with Crippen molar-refractivity contribution in [3.05, 3.63) is 103 Å². The van der Waals surface area contributed by atoms with E-state index >= 15 is 0 Å². The van der Waals surface area contributed by atoms with E-state index in [1.54, 1.807) is 7.11 Å². The Balaban J connectivity index is 1.56. The number of aliphatic carboxylic acids is 1. The number of carboxylic acid groups (broad SMARTS) is 1. The van der Waals surface area contributed by atoms with Gasteiger partial charge in [0.1, 0.15) is 5.75 Å². The van der Waals surface area contributed by atoms with E-state index in [0.717, 1.165) is 23.3 Å². The lowest BCUT2D eigenvalue weighted by molar-refractivity contribution is -0.139. The molecule has 3 aromatic carbocycles. The van der Waals surface area contributed by atoms with E-state index in [-0.39, 0.29) is 34.8 Å². The van der Waals surface area contributed by atoms with Crippen LogP contribution in [0.15, 0.2) is 97.1 Å². The highest BCUT2D eigenvalue weighted by molar-refractivity contribution is 6.99. The predicted octanol–water partition coefficient (Wildman–Crippen LogP) is 9.30. The number of carboxylic acids is 1. The summed E-state index contributed by atoms with van der Waals surface area (Å²) >= 11 is 0. The topological polar surface area (TPSA) is 83.5 Å². The van der Waals surface area contributed by atoms with Crippen molar-refractivity contribution in [2.75, 3.05) is 13.7 Å². The third-order valence-corrected chi connectivity index (χ3v) is 20.5. The molecule has 7 nitrogen and oxygen atoms in total. The molecule has 1 aliphatic heterocycles. The van der Waals surface area contributed by atoms with Crippen LogP contribution in [-0.2, 0) is 29.7 Å². The van der Waals surface area contributed by atoms with Gasteiger partial charge < -0.3 is 28.2 Å². The fraction of sp³-hybridized carbons (Fsp3) is 0.523. The van der Waals surface area contributed by atoms with Gasteiger partial charge in [0, 0.05) is 13.0 Å². The fourth-order valence-electron chi connectivity index (χ4n) is 7.23. The van der Waals surface area contributed by atoms with E-state index in [2.05, 4.69) is 122 Å². The van der Waals surface area contributed by atoms with Crippen LogP contribution in [0, 0.1) is 0 Å². The maximum absolute atomic E-state index is 11.9. The zero-order valence-corrected chi connectivity index (χ0v) is 35.7. The Hall–Kier alpha value is -3.06. The molecule has 3 unspecified atom stereocenters. The highest BCUT2D eigenvalue weighted by atomic mass is 28.4. The summed E-state index contributed by atoms with van der Waals surface area (Å²) in [6.07, 6.45) is 2.40. The molecular weight excluding hydrogens is 697 g/mol. The van der Waals surface area contributed by atoms with Gasteiger partial charge in [0.05, 0.1) is 44.6 Å². The van der Waals surface area contributed by atoms with Crippen LogP contribution in [0.5, 0.6) is 5.75 Å². The SMILES string of the molecule is C=C1CC(CC(CC(=O)O)O[Si](C)(C)C(C)(C)C)OC(C[C@@H](CCO[Si](c2ccccc2)(c2ccccc2)C(C)(C)C)OCc2ccc(OC)cc2)C1. The van der Waals surface area contributed by atoms with Crippen LogP contribution in [0.2, 0.25) is 23.2 Å². The molecule has 0 aliphatic carbocycles. The van der Waals surface area contributed by atoms with Crippen LogP contribution < -0.4 is 15.1 Å². The lowest BCUT2D eigenvalue weighted by Crippen LogP contribution is -2.66. The first kappa shape index (κ1) is 42.7. The fourth-order valence-corrected chi connectivity index (χ4v) is 13.2. The van der Waals surface area contributed by atoms with Crippen molar-refractivity contribution >= 4 is 33.0 Å². The number of carbonyl (C=O) groups is 1. The molecule has 1 saturated heterocycles. The smallest absolute Gasteiger partial charge is 0.305 e. The number of methoxy groups -OCH3 is 1. The monoisotopic (exact) mass is 760 g/mol.